The van der Waals surface area contributed by atoms with Gasteiger partial charge in [-0.2, -0.15) is 0 Å². The van der Waals surface area contributed by atoms with Gasteiger partial charge >= 0.3 is 0 Å². The van der Waals surface area contributed by atoms with Crippen LogP contribution in [0.4, 0.5) is 11.4 Å². The number of benzene rings is 1. The highest BCUT2D eigenvalue weighted by Crippen LogP contribution is 2.31. The molecule has 1 N–H and O–H groups in total. The van der Waals surface area contributed by atoms with E-state index in [-0.39, 0.29) is 16.7 Å². The predicted octanol–water partition coefficient (Wildman–Crippen LogP) is 4.23. The SMILES string of the molecule is Cc1cc(NCC(c2cccs2)N(C)C)c2cccc([N+](=O)[O-])c2n1. The number of aryl methyl sites for hydroxylation is 1. The van der Waals surface area contributed by atoms with Crippen molar-refractivity contribution in [3.8, 4) is 0 Å². The smallest absolute Gasteiger partial charge is 0.295 e. The fourth-order valence-corrected chi connectivity index (χ4v) is 3.80. The van der Waals surface area contributed by atoms with E-state index in [0.717, 1.165) is 16.8 Å². The summed E-state index contributed by atoms with van der Waals surface area (Å²) >= 11 is 1.72. The first-order valence-electron chi connectivity index (χ1n) is 7.96. The third-order valence-corrected chi connectivity index (χ3v) is 5.10. The number of nitro benzene ring substituents is 1. The van der Waals surface area contributed by atoms with E-state index in [2.05, 4.69) is 26.6 Å². The normalized spacial score (nSPS) is 12.5. The van der Waals surface area contributed by atoms with Crippen LogP contribution >= 0.6 is 11.3 Å². The van der Waals surface area contributed by atoms with Crippen molar-refractivity contribution in [1.29, 1.82) is 0 Å². The predicted molar refractivity (Wildman–Crippen MR) is 102 cm³/mol. The standard InChI is InChI=1S/C18H20N4O2S/c1-12-10-14(13-6-4-7-15(22(23)24)18(13)20-12)19-11-16(21(2)3)17-8-5-9-25-17/h4-10,16H,11H2,1-3H3,(H,19,20). The molecule has 0 saturated carbocycles. The number of pyridine rings is 1. The highest BCUT2D eigenvalue weighted by molar-refractivity contribution is 7.10. The zero-order valence-electron chi connectivity index (χ0n) is 14.4. The number of fused-ring (bicyclic) bond motifs is 1. The Hall–Kier alpha value is -2.51. The van der Waals surface area contributed by atoms with Crippen LogP contribution < -0.4 is 5.32 Å². The molecule has 0 amide bonds. The summed E-state index contributed by atoms with van der Waals surface area (Å²) in [5.41, 5.74) is 2.08. The van der Waals surface area contributed by atoms with Crippen LogP contribution in [0.2, 0.25) is 0 Å². The third kappa shape index (κ3) is 3.62. The maximum atomic E-state index is 11.3. The number of likely N-dealkylation sites (N-methyl/N-ethyl adjacent to an activating group) is 1. The van der Waals surface area contributed by atoms with Crippen molar-refractivity contribution in [2.24, 2.45) is 0 Å². The topological polar surface area (TPSA) is 71.3 Å². The van der Waals surface area contributed by atoms with E-state index in [1.54, 1.807) is 17.4 Å². The Morgan fingerprint density at radius 1 is 1.32 bits per heavy atom. The zero-order chi connectivity index (χ0) is 18.0. The van der Waals surface area contributed by atoms with Crippen LogP contribution in [0.3, 0.4) is 0 Å². The van der Waals surface area contributed by atoms with E-state index >= 15 is 0 Å². The van der Waals surface area contributed by atoms with E-state index < -0.39 is 0 Å². The number of hydrogen-bond acceptors (Lipinski definition) is 6. The molecule has 0 aliphatic heterocycles. The van der Waals surface area contributed by atoms with E-state index in [1.807, 2.05) is 39.2 Å². The summed E-state index contributed by atoms with van der Waals surface area (Å²) < 4.78 is 0. The monoisotopic (exact) mass is 356 g/mol. The second-order valence-corrected chi connectivity index (χ2v) is 7.10. The average molecular weight is 356 g/mol. The molecule has 7 heteroatoms. The number of hydrogen-bond donors (Lipinski definition) is 1. The number of anilines is 1. The number of non-ortho nitro benzene ring substituents is 1. The van der Waals surface area contributed by atoms with Crippen LogP contribution in [0.15, 0.2) is 41.8 Å². The van der Waals surface area contributed by atoms with Crippen LogP contribution in [0.25, 0.3) is 10.9 Å². The molecule has 0 saturated heterocycles. The second kappa shape index (κ2) is 7.16. The molecule has 3 aromatic rings. The molecule has 3 rings (SSSR count). The summed E-state index contributed by atoms with van der Waals surface area (Å²) in [4.78, 5) is 18.7. The van der Waals surface area contributed by atoms with Gasteiger partial charge in [-0.1, -0.05) is 18.2 Å². The van der Waals surface area contributed by atoms with Crippen molar-refractivity contribution in [2.75, 3.05) is 26.0 Å². The van der Waals surface area contributed by atoms with Crippen LogP contribution in [-0.4, -0.2) is 35.4 Å². The number of para-hydroxylation sites is 1. The number of rotatable bonds is 6. The molecule has 25 heavy (non-hydrogen) atoms. The third-order valence-electron chi connectivity index (χ3n) is 4.12. The van der Waals surface area contributed by atoms with Crippen molar-refractivity contribution in [2.45, 2.75) is 13.0 Å². The van der Waals surface area contributed by atoms with Crippen LogP contribution in [0.1, 0.15) is 16.6 Å². The van der Waals surface area contributed by atoms with Crippen molar-refractivity contribution in [1.82, 2.24) is 9.88 Å². The number of nitrogens with zero attached hydrogens (tertiary/aromatic N) is 3. The van der Waals surface area contributed by atoms with Crippen LogP contribution in [0, 0.1) is 17.0 Å². The van der Waals surface area contributed by atoms with Gasteiger partial charge in [-0.05, 0) is 38.5 Å². The first-order chi connectivity index (χ1) is 12.0. The van der Waals surface area contributed by atoms with Gasteiger partial charge in [0.05, 0.1) is 11.0 Å². The maximum absolute atomic E-state index is 11.3. The maximum Gasteiger partial charge on any atom is 0.295 e. The molecule has 0 bridgehead atoms. The van der Waals surface area contributed by atoms with Gasteiger partial charge < -0.3 is 10.2 Å². The summed E-state index contributed by atoms with van der Waals surface area (Å²) in [6.07, 6.45) is 0. The lowest BCUT2D eigenvalue weighted by Gasteiger charge is -2.24. The number of aromatic nitrogens is 1. The Kier molecular flexibility index (Phi) is 4.96. The molecule has 0 spiro atoms. The van der Waals surface area contributed by atoms with E-state index in [4.69, 9.17) is 0 Å². The summed E-state index contributed by atoms with van der Waals surface area (Å²) in [6, 6.07) is 11.4. The van der Waals surface area contributed by atoms with Crippen molar-refractivity contribution in [3.63, 3.8) is 0 Å². The van der Waals surface area contributed by atoms with Gasteiger partial charge in [-0.3, -0.25) is 10.1 Å². The Labute approximate surface area is 150 Å². The number of thiophene rings is 1. The van der Waals surface area contributed by atoms with Crippen LogP contribution in [-0.2, 0) is 0 Å². The Morgan fingerprint density at radius 2 is 2.12 bits per heavy atom. The van der Waals surface area contributed by atoms with Gasteiger partial charge in [-0.15, -0.1) is 11.3 Å². The molecular formula is C18H20N4O2S. The number of nitrogens with one attached hydrogen (secondary N) is 1. The summed E-state index contributed by atoms with van der Waals surface area (Å²) in [7, 11) is 4.10. The molecule has 0 aliphatic carbocycles. The molecular weight excluding hydrogens is 336 g/mol. The molecule has 0 aliphatic rings. The molecule has 1 atom stereocenters. The minimum absolute atomic E-state index is 0.0340. The van der Waals surface area contributed by atoms with E-state index in [9.17, 15) is 10.1 Å². The molecule has 6 nitrogen and oxygen atoms in total. The summed E-state index contributed by atoms with van der Waals surface area (Å²) in [5.74, 6) is 0. The Bertz CT molecular complexity index is 893. The molecule has 2 heterocycles. The minimum Gasteiger partial charge on any atom is -0.382 e. The van der Waals surface area contributed by atoms with Crippen molar-refractivity contribution >= 4 is 33.6 Å². The van der Waals surface area contributed by atoms with Gasteiger partial charge in [0, 0.05) is 34.3 Å². The summed E-state index contributed by atoms with van der Waals surface area (Å²) in [6.45, 7) is 2.55. The van der Waals surface area contributed by atoms with Crippen LogP contribution in [0.5, 0.6) is 0 Å². The Balaban J connectivity index is 1.96. The second-order valence-electron chi connectivity index (χ2n) is 6.12. The lowest BCUT2D eigenvalue weighted by Crippen LogP contribution is -2.26. The number of nitro groups is 1. The van der Waals surface area contributed by atoms with E-state index in [1.165, 1.54) is 10.9 Å². The molecule has 1 unspecified atom stereocenters. The minimum atomic E-state index is -0.382. The zero-order valence-corrected chi connectivity index (χ0v) is 15.2. The van der Waals surface area contributed by atoms with E-state index in [0.29, 0.717) is 12.1 Å². The molecule has 130 valence electrons. The highest BCUT2D eigenvalue weighted by Gasteiger charge is 2.18. The molecule has 0 radical (unpaired) electrons. The molecule has 0 fully saturated rings. The quantitative estimate of drug-likeness (QED) is 0.529. The lowest BCUT2D eigenvalue weighted by molar-refractivity contribution is -0.383. The van der Waals surface area contributed by atoms with Crippen molar-refractivity contribution < 1.29 is 4.92 Å². The fraction of sp³-hybridized carbons (Fsp3) is 0.278. The highest BCUT2D eigenvalue weighted by atomic mass is 32.1. The van der Waals surface area contributed by atoms with Gasteiger partial charge in [0.1, 0.15) is 0 Å². The first-order valence-corrected chi connectivity index (χ1v) is 8.84. The van der Waals surface area contributed by atoms with Gasteiger partial charge in [0.2, 0.25) is 0 Å². The first kappa shape index (κ1) is 17.3. The molecule has 2 aromatic heterocycles. The largest absolute Gasteiger partial charge is 0.382 e. The molecule has 1 aromatic carbocycles. The van der Waals surface area contributed by atoms with Gasteiger partial charge in [-0.25, -0.2) is 4.98 Å². The lowest BCUT2D eigenvalue weighted by atomic mass is 10.1. The van der Waals surface area contributed by atoms with Gasteiger partial charge in [0.25, 0.3) is 5.69 Å². The average Bonchev–Trinajstić information content (AvgIpc) is 3.08. The fourth-order valence-electron chi connectivity index (χ4n) is 2.88. The van der Waals surface area contributed by atoms with Crippen molar-refractivity contribution in [3.05, 3.63) is 62.5 Å². The Morgan fingerprint density at radius 3 is 2.76 bits per heavy atom. The summed E-state index contributed by atoms with van der Waals surface area (Å²) in [5, 5.41) is 17.6. The van der Waals surface area contributed by atoms with Gasteiger partial charge in [0.15, 0.2) is 5.52 Å².